The van der Waals surface area contributed by atoms with Crippen molar-refractivity contribution in [3.8, 4) is 0 Å². The van der Waals surface area contributed by atoms with Gasteiger partial charge in [-0.15, -0.1) is 23.5 Å². The van der Waals surface area contributed by atoms with Gasteiger partial charge in [0.05, 0.1) is 11.6 Å². The van der Waals surface area contributed by atoms with Crippen LogP contribution in [0, 0.1) is 6.92 Å². The number of nitrogens with zero attached hydrogens (tertiary/aromatic N) is 1. The molecule has 1 saturated heterocycles. The number of carbonyl (C=O) groups is 2. The minimum Gasteiger partial charge on any atom is -0.480 e. The Morgan fingerprint density at radius 1 is 1.55 bits per heavy atom. The lowest BCUT2D eigenvalue weighted by atomic mass is 10.2. The third-order valence-corrected chi connectivity index (χ3v) is 5.64. The lowest BCUT2D eigenvalue weighted by Crippen LogP contribution is -2.42. The van der Waals surface area contributed by atoms with Crippen molar-refractivity contribution in [2.75, 3.05) is 17.4 Å². The first-order chi connectivity index (χ1) is 9.49. The third-order valence-electron chi connectivity index (χ3n) is 2.98. The average molecular weight is 376 g/mol. The van der Waals surface area contributed by atoms with Crippen molar-refractivity contribution >= 4 is 51.3 Å². The standard InChI is InChI=1S/C13H14BrNO3S2/c1-8-4-9(14)2-3-11(8)20-6-12(16)15-7-19-5-10(15)13(17)18/h2-4,10H,5-7H2,1H3,(H,17,18)/t10-/m0/s1. The van der Waals surface area contributed by atoms with Gasteiger partial charge in [0.25, 0.3) is 0 Å². The fourth-order valence-corrected chi connectivity index (χ4v) is 4.43. The Balaban J connectivity index is 1.96. The fourth-order valence-electron chi connectivity index (χ4n) is 1.89. The van der Waals surface area contributed by atoms with Gasteiger partial charge in [-0.2, -0.15) is 0 Å². The van der Waals surface area contributed by atoms with Gasteiger partial charge in [0, 0.05) is 15.1 Å². The zero-order chi connectivity index (χ0) is 14.7. The number of thioether (sulfide) groups is 2. The van der Waals surface area contributed by atoms with Crippen LogP contribution in [-0.4, -0.2) is 45.3 Å². The van der Waals surface area contributed by atoms with Gasteiger partial charge in [-0.05, 0) is 30.7 Å². The molecule has 1 atom stereocenters. The van der Waals surface area contributed by atoms with E-state index in [1.807, 2.05) is 25.1 Å². The molecule has 1 aliphatic rings. The second-order valence-electron chi connectivity index (χ2n) is 4.42. The molecule has 7 heteroatoms. The highest BCUT2D eigenvalue weighted by Crippen LogP contribution is 2.27. The second kappa shape index (κ2) is 6.87. The summed E-state index contributed by atoms with van der Waals surface area (Å²) in [6.45, 7) is 1.99. The molecule has 1 heterocycles. The molecule has 1 N–H and O–H groups in total. The average Bonchev–Trinajstić information content (AvgIpc) is 2.86. The van der Waals surface area contributed by atoms with Crippen molar-refractivity contribution in [2.24, 2.45) is 0 Å². The maximum atomic E-state index is 12.1. The van der Waals surface area contributed by atoms with Gasteiger partial charge < -0.3 is 10.0 Å². The first-order valence-corrected chi connectivity index (χ1v) is 8.91. The van der Waals surface area contributed by atoms with E-state index >= 15 is 0 Å². The van der Waals surface area contributed by atoms with E-state index in [0.29, 0.717) is 11.6 Å². The van der Waals surface area contributed by atoms with Gasteiger partial charge >= 0.3 is 5.97 Å². The van der Waals surface area contributed by atoms with E-state index in [1.165, 1.54) is 28.4 Å². The molecule has 0 saturated carbocycles. The highest BCUT2D eigenvalue weighted by molar-refractivity contribution is 9.10. The van der Waals surface area contributed by atoms with E-state index < -0.39 is 12.0 Å². The normalized spacial score (nSPS) is 18.3. The maximum Gasteiger partial charge on any atom is 0.327 e. The van der Waals surface area contributed by atoms with Crippen LogP contribution in [-0.2, 0) is 9.59 Å². The number of rotatable bonds is 4. The summed E-state index contributed by atoms with van der Waals surface area (Å²) < 4.78 is 1.01. The monoisotopic (exact) mass is 375 g/mol. The molecule has 2 rings (SSSR count). The quantitative estimate of drug-likeness (QED) is 0.819. The highest BCUT2D eigenvalue weighted by Gasteiger charge is 2.34. The summed E-state index contributed by atoms with van der Waals surface area (Å²) in [7, 11) is 0. The molecule has 20 heavy (non-hydrogen) atoms. The molecule has 1 aromatic carbocycles. The number of hydrogen-bond acceptors (Lipinski definition) is 4. The summed E-state index contributed by atoms with van der Waals surface area (Å²) in [5.41, 5.74) is 1.10. The maximum absolute atomic E-state index is 12.1. The molecule has 0 aromatic heterocycles. The number of halogens is 1. The molecular formula is C13H14BrNO3S2. The van der Waals surface area contributed by atoms with Crippen LogP contribution in [0.2, 0.25) is 0 Å². The highest BCUT2D eigenvalue weighted by atomic mass is 79.9. The van der Waals surface area contributed by atoms with Gasteiger partial charge in [0.1, 0.15) is 6.04 Å². The first kappa shape index (κ1) is 15.7. The lowest BCUT2D eigenvalue weighted by molar-refractivity contribution is -0.146. The van der Waals surface area contributed by atoms with E-state index in [4.69, 9.17) is 5.11 Å². The molecule has 4 nitrogen and oxygen atoms in total. The van der Waals surface area contributed by atoms with Crippen LogP contribution in [0.4, 0.5) is 0 Å². The molecule has 1 aliphatic heterocycles. The Kier molecular flexibility index (Phi) is 5.40. The number of amides is 1. The molecule has 0 radical (unpaired) electrons. The van der Waals surface area contributed by atoms with Crippen molar-refractivity contribution in [1.82, 2.24) is 4.90 Å². The smallest absolute Gasteiger partial charge is 0.327 e. The van der Waals surface area contributed by atoms with E-state index in [-0.39, 0.29) is 11.7 Å². The Labute approximate surface area is 134 Å². The van der Waals surface area contributed by atoms with Crippen LogP contribution in [0.1, 0.15) is 5.56 Å². The summed E-state index contributed by atoms with van der Waals surface area (Å²) in [5, 5.41) is 9.07. The van der Waals surface area contributed by atoms with Gasteiger partial charge in [-0.25, -0.2) is 4.79 Å². The predicted molar refractivity (Wildman–Crippen MR) is 85.2 cm³/mol. The van der Waals surface area contributed by atoms with E-state index in [9.17, 15) is 9.59 Å². The Hall–Kier alpha value is -0.660. The van der Waals surface area contributed by atoms with Crippen LogP contribution >= 0.6 is 39.5 Å². The van der Waals surface area contributed by atoms with E-state index in [1.54, 1.807) is 0 Å². The number of carbonyl (C=O) groups excluding carboxylic acids is 1. The summed E-state index contributed by atoms with van der Waals surface area (Å²) >= 11 is 6.33. The van der Waals surface area contributed by atoms with Crippen LogP contribution < -0.4 is 0 Å². The molecular weight excluding hydrogens is 362 g/mol. The Bertz CT molecular complexity index is 538. The summed E-state index contributed by atoms with van der Waals surface area (Å²) in [5.74, 6) is 0.175. The van der Waals surface area contributed by atoms with Crippen molar-refractivity contribution in [1.29, 1.82) is 0 Å². The van der Waals surface area contributed by atoms with Crippen LogP contribution in [0.15, 0.2) is 27.6 Å². The van der Waals surface area contributed by atoms with Gasteiger partial charge in [0.2, 0.25) is 5.91 Å². The predicted octanol–water partition coefficient (Wildman–Crippen LogP) is 2.84. The van der Waals surface area contributed by atoms with Gasteiger partial charge in [0.15, 0.2) is 0 Å². The molecule has 1 amide bonds. The number of benzene rings is 1. The molecule has 0 unspecified atom stereocenters. The third kappa shape index (κ3) is 3.71. The second-order valence-corrected chi connectivity index (χ2v) is 7.35. The largest absolute Gasteiger partial charge is 0.480 e. The molecule has 1 fully saturated rings. The van der Waals surface area contributed by atoms with Crippen LogP contribution in [0.3, 0.4) is 0 Å². The molecule has 108 valence electrons. The van der Waals surface area contributed by atoms with E-state index in [2.05, 4.69) is 15.9 Å². The molecule has 0 bridgehead atoms. The zero-order valence-electron chi connectivity index (χ0n) is 10.8. The number of aliphatic carboxylic acids is 1. The molecule has 1 aromatic rings. The minimum absolute atomic E-state index is 0.116. The van der Waals surface area contributed by atoms with Gasteiger partial charge in [-0.1, -0.05) is 15.9 Å². The number of hydrogen-bond donors (Lipinski definition) is 1. The van der Waals surface area contributed by atoms with Crippen LogP contribution in [0.25, 0.3) is 0 Å². The van der Waals surface area contributed by atoms with Crippen molar-refractivity contribution < 1.29 is 14.7 Å². The Morgan fingerprint density at radius 2 is 2.30 bits per heavy atom. The summed E-state index contributed by atoms with van der Waals surface area (Å²) in [4.78, 5) is 25.7. The molecule has 0 aliphatic carbocycles. The molecule has 0 spiro atoms. The fraction of sp³-hybridized carbons (Fsp3) is 0.385. The summed E-state index contributed by atoms with van der Waals surface area (Å²) in [6, 6.07) is 5.22. The van der Waals surface area contributed by atoms with Crippen molar-refractivity contribution in [2.45, 2.75) is 17.9 Å². The topological polar surface area (TPSA) is 57.6 Å². The van der Waals surface area contributed by atoms with Crippen molar-refractivity contribution in [3.05, 3.63) is 28.2 Å². The lowest BCUT2D eigenvalue weighted by Gasteiger charge is -2.20. The van der Waals surface area contributed by atoms with Crippen LogP contribution in [0.5, 0.6) is 0 Å². The van der Waals surface area contributed by atoms with E-state index in [0.717, 1.165) is 14.9 Å². The summed E-state index contributed by atoms with van der Waals surface area (Å²) in [6.07, 6.45) is 0. The SMILES string of the molecule is Cc1cc(Br)ccc1SCC(=O)N1CSC[C@H]1C(=O)O. The minimum atomic E-state index is -0.923. The first-order valence-electron chi connectivity index (χ1n) is 5.98. The zero-order valence-corrected chi connectivity index (χ0v) is 14.1. The number of carboxylic acid groups (broad SMARTS) is 1. The Morgan fingerprint density at radius 3 is 2.95 bits per heavy atom. The van der Waals surface area contributed by atoms with Gasteiger partial charge in [-0.3, -0.25) is 4.79 Å². The van der Waals surface area contributed by atoms with Crippen molar-refractivity contribution in [3.63, 3.8) is 0 Å². The number of aryl methyl sites for hydroxylation is 1. The number of carboxylic acids is 1.